The quantitative estimate of drug-likeness (QED) is 0.830. The van der Waals surface area contributed by atoms with Gasteiger partial charge in [0.2, 0.25) is 0 Å². The molecule has 3 heteroatoms. The van der Waals surface area contributed by atoms with Crippen molar-refractivity contribution in [1.82, 2.24) is 0 Å². The lowest BCUT2D eigenvalue weighted by Gasteiger charge is -2.12. The first-order valence-electron chi connectivity index (χ1n) is 4.98. The molecule has 0 saturated carbocycles. The predicted molar refractivity (Wildman–Crippen MR) is 66.6 cm³/mol. The van der Waals surface area contributed by atoms with Crippen LogP contribution in [0.3, 0.4) is 0 Å². The molecule has 1 rings (SSSR count). The molecule has 0 bridgehead atoms. The van der Waals surface area contributed by atoms with E-state index in [-0.39, 0.29) is 0 Å². The van der Waals surface area contributed by atoms with Crippen molar-refractivity contribution < 1.29 is 0 Å². The van der Waals surface area contributed by atoms with Gasteiger partial charge >= 0.3 is 0 Å². The smallest absolute Gasteiger partial charge is 0.0441 e. The Hall–Kier alpha value is -0.990. The van der Waals surface area contributed by atoms with Gasteiger partial charge in [-0.3, -0.25) is 0 Å². The summed E-state index contributed by atoms with van der Waals surface area (Å²) in [4.78, 5) is 0. The molecule has 1 aromatic carbocycles. The summed E-state index contributed by atoms with van der Waals surface area (Å²) in [6.45, 7) is 4.48. The number of allylic oxidation sites excluding steroid dienone is 1. The minimum Gasteiger partial charge on any atom is -0.402 e. The Kier molecular flexibility index (Phi) is 4.18. The Labute approximate surface area is 95.9 Å². The van der Waals surface area contributed by atoms with E-state index in [4.69, 9.17) is 23.1 Å². The van der Waals surface area contributed by atoms with Crippen molar-refractivity contribution in [2.75, 3.05) is 6.54 Å². The molecular formula is C12H17ClN2. The van der Waals surface area contributed by atoms with Gasteiger partial charge in [0.25, 0.3) is 0 Å². The zero-order chi connectivity index (χ0) is 11.4. The van der Waals surface area contributed by atoms with E-state index >= 15 is 0 Å². The minimum atomic E-state index is 0.593. The van der Waals surface area contributed by atoms with Crippen LogP contribution in [0, 0.1) is 6.92 Å². The Morgan fingerprint density at radius 2 is 2.07 bits per heavy atom. The SMILES string of the molecule is C/C(N)=C(\CCN)c1cccc(Cl)c1C. The highest BCUT2D eigenvalue weighted by Crippen LogP contribution is 2.27. The Morgan fingerprint density at radius 3 is 2.60 bits per heavy atom. The van der Waals surface area contributed by atoms with Gasteiger partial charge in [-0.1, -0.05) is 23.7 Å². The molecule has 0 aliphatic heterocycles. The summed E-state index contributed by atoms with van der Waals surface area (Å²) < 4.78 is 0. The fourth-order valence-electron chi connectivity index (χ4n) is 1.62. The summed E-state index contributed by atoms with van der Waals surface area (Å²) in [5, 5.41) is 0.767. The van der Waals surface area contributed by atoms with E-state index in [1.54, 1.807) is 0 Å². The van der Waals surface area contributed by atoms with Gasteiger partial charge in [-0.05, 0) is 49.6 Å². The molecule has 0 heterocycles. The Balaban J connectivity index is 3.24. The molecule has 2 nitrogen and oxygen atoms in total. The zero-order valence-corrected chi connectivity index (χ0v) is 9.93. The van der Waals surface area contributed by atoms with Crippen LogP contribution in [-0.2, 0) is 0 Å². The molecule has 0 amide bonds. The van der Waals surface area contributed by atoms with Crippen LogP contribution < -0.4 is 11.5 Å². The van der Waals surface area contributed by atoms with Crippen LogP contribution in [0.5, 0.6) is 0 Å². The van der Waals surface area contributed by atoms with Crippen LogP contribution in [-0.4, -0.2) is 6.54 Å². The fourth-order valence-corrected chi connectivity index (χ4v) is 1.80. The molecule has 0 aliphatic carbocycles. The van der Waals surface area contributed by atoms with Crippen LogP contribution in [0.2, 0.25) is 5.02 Å². The average Bonchev–Trinajstić information content (AvgIpc) is 2.19. The van der Waals surface area contributed by atoms with Crippen LogP contribution in [0.4, 0.5) is 0 Å². The van der Waals surface area contributed by atoms with Gasteiger partial charge < -0.3 is 11.5 Å². The molecular weight excluding hydrogens is 208 g/mol. The average molecular weight is 225 g/mol. The normalized spacial score (nSPS) is 12.5. The fraction of sp³-hybridized carbons (Fsp3) is 0.333. The number of benzene rings is 1. The summed E-state index contributed by atoms with van der Waals surface area (Å²) in [6, 6.07) is 5.85. The van der Waals surface area contributed by atoms with Crippen LogP contribution in [0.25, 0.3) is 5.57 Å². The summed E-state index contributed by atoms with van der Waals surface area (Å²) in [7, 11) is 0. The van der Waals surface area contributed by atoms with E-state index in [1.165, 1.54) is 0 Å². The van der Waals surface area contributed by atoms with Crippen LogP contribution in [0.15, 0.2) is 23.9 Å². The van der Waals surface area contributed by atoms with Gasteiger partial charge in [-0.2, -0.15) is 0 Å². The summed E-state index contributed by atoms with van der Waals surface area (Å²) in [5.74, 6) is 0. The molecule has 0 fully saturated rings. The molecule has 0 unspecified atom stereocenters. The lowest BCUT2D eigenvalue weighted by molar-refractivity contribution is 1.01. The molecule has 4 N–H and O–H groups in total. The highest BCUT2D eigenvalue weighted by atomic mass is 35.5. The maximum Gasteiger partial charge on any atom is 0.0441 e. The first kappa shape index (κ1) is 12.1. The topological polar surface area (TPSA) is 52.0 Å². The van der Waals surface area contributed by atoms with Gasteiger partial charge in [0, 0.05) is 10.7 Å². The summed E-state index contributed by atoms with van der Waals surface area (Å²) in [5.41, 5.74) is 15.5. The standard InChI is InChI=1S/C12H17ClN2/c1-8-10(4-3-5-12(8)13)11(6-7-14)9(2)15/h3-5H,6-7,14-15H2,1-2H3/b11-9-. The highest BCUT2D eigenvalue weighted by molar-refractivity contribution is 6.31. The van der Waals surface area contributed by atoms with E-state index in [2.05, 4.69) is 0 Å². The van der Waals surface area contributed by atoms with Crippen molar-refractivity contribution in [1.29, 1.82) is 0 Å². The number of hydrogen-bond donors (Lipinski definition) is 2. The minimum absolute atomic E-state index is 0.593. The third-order valence-corrected chi connectivity index (χ3v) is 2.87. The van der Waals surface area contributed by atoms with Crippen molar-refractivity contribution >= 4 is 17.2 Å². The molecule has 0 atom stereocenters. The molecule has 0 spiro atoms. The largest absolute Gasteiger partial charge is 0.402 e. The third-order valence-electron chi connectivity index (χ3n) is 2.46. The van der Waals surface area contributed by atoms with Crippen LogP contribution in [0.1, 0.15) is 24.5 Å². The van der Waals surface area contributed by atoms with Gasteiger partial charge in [0.1, 0.15) is 0 Å². The highest BCUT2D eigenvalue weighted by Gasteiger charge is 2.08. The molecule has 0 aliphatic rings. The van der Waals surface area contributed by atoms with Crippen molar-refractivity contribution in [2.24, 2.45) is 11.5 Å². The number of rotatable bonds is 3. The maximum atomic E-state index is 6.07. The van der Waals surface area contributed by atoms with Gasteiger partial charge in [-0.25, -0.2) is 0 Å². The molecule has 15 heavy (non-hydrogen) atoms. The Morgan fingerprint density at radius 1 is 1.40 bits per heavy atom. The van der Waals surface area contributed by atoms with Gasteiger partial charge in [0.05, 0.1) is 0 Å². The van der Waals surface area contributed by atoms with Crippen molar-refractivity contribution in [2.45, 2.75) is 20.3 Å². The second kappa shape index (κ2) is 5.19. The van der Waals surface area contributed by atoms with Gasteiger partial charge in [0.15, 0.2) is 0 Å². The molecule has 1 aromatic rings. The predicted octanol–water partition coefficient (Wildman–Crippen LogP) is 2.69. The van der Waals surface area contributed by atoms with E-state index in [0.29, 0.717) is 6.54 Å². The lowest BCUT2D eigenvalue weighted by atomic mass is 9.96. The number of hydrogen-bond acceptors (Lipinski definition) is 2. The number of halogens is 1. The maximum absolute atomic E-state index is 6.07. The summed E-state index contributed by atoms with van der Waals surface area (Å²) >= 11 is 6.07. The lowest BCUT2D eigenvalue weighted by Crippen LogP contribution is -2.06. The molecule has 0 saturated heterocycles. The second-order valence-electron chi connectivity index (χ2n) is 3.61. The van der Waals surface area contributed by atoms with Crippen molar-refractivity contribution in [3.05, 3.63) is 40.0 Å². The molecule has 0 radical (unpaired) electrons. The van der Waals surface area contributed by atoms with E-state index in [1.807, 2.05) is 32.0 Å². The van der Waals surface area contributed by atoms with Crippen molar-refractivity contribution in [3.8, 4) is 0 Å². The van der Waals surface area contributed by atoms with Crippen molar-refractivity contribution in [3.63, 3.8) is 0 Å². The van der Waals surface area contributed by atoms with E-state index in [9.17, 15) is 0 Å². The zero-order valence-electron chi connectivity index (χ0n) is 9.18. The molecule has 0 aromatic heterocycles. The first-order chi connectivity index (χ1) is 7.07. The third kappa shape index (κ3) is 2.74. The second-order valence-corrected chi connectivity index (χ2v) is 4.02. The van der Waals surface area contributed by atoms with E-state index in [0.717, 1.165) is 33.8 Å². The van der Waals surface area contributed by atoms with Crippen LogP contribution >= 0.6 is 11.6 Å². The monoisotopic (exact) mass is 224 g/mol. The van der Waals surface area contributed by atoms with Gasteiger partial charge in [-0.15, -0.1) is 0 Å². The van der Waals surface area contributed by atoms with E-state index < -0.39 is 0 Å². The molecule has 82 valence electrons. The Bertz CT molecular complexity index is 379. The summed E-state index contributed by atoms with van der Waals surface area (Å²) in [6.07, 6.45) is 0.781. The number of nitrogens with two attached hydrogens (primary N) is 2. The first-order valence-corrected chi connectivity index (χ1v) is 5.36.